The second kappa shape index (κ2) is 4.58. The number of hydrogen-bond acceptors (Lipinski definition) is 2. The van der Waals surface area contributed by atoms with Crippen molar-refractivity contribution in [3.8, 4) is 0 Å². The van der Waals surface area contributed by atoms with Crippen molar-refractivity contribution in [3.63, 3.8) is 0 Å². The molecule has 1 aromatic rings. The number of aliphatic hydroxyl groups is 1. The lowest BCUT2D eigenvalue weighted by Crippen LogP contribution is -1.88. The Labute approximate surface area is 82.3 Å². The second-order valence-corrected chi connectivity index (χ2v) is 2.95. The number of aliphatic carboxylic acids is 1. The van der Waals surface area contributed by atoms with Crippen LogP contribution in [0.5, 0.6) is 0 Å². The Balaban J connectivity index is 0.000000213. The molecule has 0 amide bonds. The van der Waals surface area contributed by atoms with Gasteiger partial charge in [0.05, 0.1) is 6.10 Å². The number of rotatable bonds is 0. The van der Waals surface area contributed by atoms with Gasteiger partial charge in [-0.3, -0.25) is 4.79 Å². The van der Waals surface area contributed by atoms with Gasteiger partial charge in [-0.05, 0) is 11.1 Å². The van der Waals surface area contributed by atoms with Gasteiger partial charge in [0.2, 0.25) is 0 Å². The van der Waals surface area contributed by atoms with E-state index < -0.39 is 5.97 Å². The van der Waals surface area contributed by atoms with E-state index in [1.165, 1.54) is 0 Å². The van der Waals surface area contributed by atoms with Crippen LogP contribution in [0.3, 0.4) is 0 Å². The van der Waals surface area contributed by atoms with Crippen molar-refractivity contribution in [3.05, 3.63) is 41.5 Å². The highest BCUT2D eigenvalue weighted by atomic mass is 16.4. The lowest BCUT2D eigenvalue weighted by atomic mass is 10.1. The Hall–Kier alpha value is -1.61. The summed E-state index contributed by atoms with van der Waals surface area (Å²) in [7, 11) is 0. The van der Waals surface area contributed by atoms with Gasteiger partial charge in [-0.25, -0.2) is 0 Å². The Kier molecular flexibility index (Phi) is 3.42. The van der Waals surface area contributed by atoms with E-state index in [0.717, 1.165) is 18.1 Å². The van der Waals surface area contributed by atoms with Crippen LogP contribution in [0.4, 0.5) is 0 Å². The molecule has 0 saturated heterocycles. The molecule has 74 valence electrons. The maximum absolute atomic E-state index is 9.29. The van der Waals surface area contributed by atoms with Crippen LogP contribution in [0, 0.1) is 0 Å². The highest BCUT2D eigenvalue weighted by molar-refractivity contribution is 5.63. The molecule has 0 radical (unpaired) electrons. The standard InChI is InChI=1S/C9H8O.C2H4O2/c10-9-6-5-7-3-1-2-4-8(7)9;1-2(3)4/h1-6,9-10H;1H3,(H,3,4). The molecule has 2 N–H and O–H groups in total. The lowest BCUT2D eigenvalue weighted by Gasteiger charge is -2.00. The van der Waals surface area contributed by atoms with Crippen molar-refractivity contribution < 1.29 is 15.0 Å². The fraction of sp³-hybridized carbons (Fsp3) is 0.182. The molecule has 1 unspecified atom stereocenters. The Morgan fingerprint density at radius 1 is 1.36 bits per heavy atom. The van der Waals surface area contributed by atoms with Crippen LogP contribution in [-0.4, -0.2) is 16.2 Å². The van der Waals surface area contributed by atoms with Gasteiger partial charge in [-0.2, -0.15) is 0 Å². The number of benzene rings is 1. The summed E-state index contributed by atoms with van der Waals surface area (Å²) in [5.74, 6) is -0.833. The van der Waals surface area contributed by atoms with E-state index in [2.05, 4.69) is 0 Å². The van der Waals surface area contributed by atoms with Crippen LogP contribution in [0.1, 0.15) is 24.2 Å². The van der Waals surface area contributed by atoms with E-state index in [0.29, 0.717) is 0 Å². The molecular weight excluding hydrogens is 180 g/mol. The van der Waals surface area contributed by atoms with Crippen LogP contribution >= 0.6 is 0 Å². The summed E-state index contributed by atoms with van der Waals surface area (Å²) < 4.78 is 0. The first-order valence-electron chi connectivity index (χ1n) is 4.26. The molecule has 0 bridgehead atoms. The molecule has 1 atom stereocenters. The third-order valence-electron chi connectivity index (χ3n) is 1.77. The zero-order valence-corrected chi connectivity index (χ0v) is 7.84. The van der Waals surface area contributed by atoms with Gasteiger partial charge >= 0.3 is 0 Å². The van der Waals surface area contributed by atoms with Crippen LogP contribution in [0.15, 0.2) is 30.3 Å². The van der Waals surface area contributed by atoms with Crippen LogP contribution < -0.4 is 0 Å². The third-order valence-corrected chi connectivity index (χ3v) is 1.77. The second-order valence-electron chi connectivity index (χ2n) is 2.95. The van der Waals surface area contributed by atoms with Crippen LogP contribution in [0.25, 0.3) is 6.08 Å². The number of aliphatic hydroxyl groups excluding tert-OH is 1. The Morgan fingerprint density at radius 2 is 1.93 bits per heavy atom. The number of carboxylic acid groups (broad SMARTS) is 1. The first-order valence-corrected chi connectivity index (χ1v) is 4.26. The predicted octanol–water partition coefficient (Wildman–Crippen LogP) is 1.84. The normalized spacial score (nSPS) is 16.9. The highest BCUT2D eigenvalue weighted by Gasteiger charge is 2.11. The molecular formula is C11H12O3. The average Bonchev–Trinajstić information content (AvgIpc) is 2.48. The predicted molar refractivity (Wildman–Crippen MR) is 53.7 cm³/mol. The van der Waals surface area contributed by atoms with Gasteiger partial charge < -0.3 is 10.2 Å². The summed E-state index contributed by atoms with van der Waals surface area (Å²) in [6.45, 7) is 1.08. The van der Waals surface area contributed by atoms with Crippen LogP contribution in [0.2, 0.25) is 0 Å². The fourth-order valence-corrected chi connectivity index (χ4v) is 1.23. The van der Waals surface area contributed by atoms with E-state index in [9.17, 15) is 5.11 Å². The maximum Gasteiger partial charge on any atom is 0.300 e. The van der Waals surface area contributed by atoms with Gasteiger partial charge in [0.15, 0.2) is 0 Å². The lowest BCUT2D eigenvalue weighted by molar-refractivity contribution is -0.134. The van der Waals surface area contributed by atoms with Crippen LogP contribution in [-0.2, 0) is 4.79 Å². The molecule has 0 fully saturated rings. The van der Waals surface area contributed by atoms with Crippen molar-refractivity contribution in [2.24, 2.45) is 0 Å². The van der Waals surface area contributed by atoms with E-state index in [1.54, 1.807) is 6.08 Å². The Bertz CT molecular complexity index is 351. The molecule has 0 heterocycles. The first-order chi connectivity index (χ1) is 6.61. The smallest absolute Gasteiger partial charge is 0.300 e. The van der Waals surface area contributed by atoms with Crippen molar-refractivity contribution in [2.45, 2.75) is 13.0 Å². The van der Waals surface area contributed by atoms with Gasteiger partial charge in [0, 0.05) is 6.92 Å². The summed E-state index contributed by atoms with van der Waals surface area (Å²) >= 11 is 0. The van der Waals surface area contributed by atoms with E-state index in [4.69, 9.17) is 9.90 Å². The average molecular weight is 192 g/mol. The molecule has 1 aliphatic rings. The minimum absolute atomic E-state index is 0.379. The molecule has 3 nitrogen and oxygen atoms in total. The zero-order valence-electron chi connectivity index (χ0n) is 7.84. The number of hydrogen-bond donors (Lipinski definition) is 2. The van der Waals surface area contributed by atoms with Gasteiger partial charge in [-0.15, -0.1) is 0 Å². The van der Waals surface area contributed by atoms with E-state index in [-0.39, 0.29) is 6.10 Å². The third kappa shape index (κ3) is 2.71. The molecule has 0 spiro atoms. The summed E-state index contributed by atoms with van der Waals surface area (Å²) in [6.07, 6.45) is 3.36. The Morgan fingerprint density at radius 3 is 2.50 bits per heavy atom. The summed E-state index contributed by atoms with van der Waals surface area (Å²) in [6, 6.07) is 7.86. The minimum atomic E-state index is -0.833. The molecule has 14 heavy (non-hydrogen) atoms. The summed E-state index contributed by atoms with van der Waals surface area (Å²) in [5, 5.41) is 16.7. The van der Waals surface area contributed by atoms with E-state index in [1.807, 2.05) is 30.3 Å². The van der Waals surface area contributed by atoms with Gasteiger partial charge in [-0.1, -0.05) is 36.4 Å². The molecule has 2 rings (SSSR count). The van der Waals surface area contributed by atoms with Crippen molar-refractivity contribution in [1.29, 1.82) is 0 Å². The molecule has 0 saturated carbocycles. The maximum atomic E-state index is 9.29. The van der Waals surface area contributed by atoms with Gasteiger partial charge in [0.25, 0.3) is 5.97 Å². The minimum Gasteiger partial charge on any atom is -0.481 e. The van der Waals surface area contributed by atoms with Crippen molar-refractivity contribution in [2.75, 3.05) is 0 Å². The summed E-state index contributed by atoms with van der Waals surface area (Å²) in [4.78, 5) is 9.00. The van der Waals surface area contributed by atoms with E-state index >= 15 is 0 Å². The van der Waals surface area contributed by atoms with Crippen molar-refractivity contribution >= 4 is 12.0 Å². The topological polar surface area (TPSA) is 57.5 Å². The highest BCUT2D eigenvalue weighted by Crippen LogP contribution is 2.26. The summed E-state index contributed by atoms with van der Waals surface area (Å²) in [5.41, 5.74) is 2.15. The molecule has 3 heteroatoms. The molecule has 0 aromatic heterocycles. The largest absolute Gasteiger partial charge is 0.481 e. The van der Waals surface area contributed by atoms with Crippen molar-refractivity contribution in [1.82, 2.24) is 0 Å². The number of fused-ring (bicyclic) bond motifs is 1. The first kappa shape index (κ1) is 10.5. The molecule has 1 aromatic carbocycles. The SMILES string of the molecule is CC(=O)O.OC1C=Cc2ccccc21. The zero-order chi connectivity index (χ0) is 10.6. The molecule has 0 aliphatic heterocycles. The van der Waals surface area contributed by atoms with Gasteiger partial charge in [0.1, 0.15) is 0 Å². The fourth-order valence-electron chi connectivity index (χ4n) is 1.23. The molecule has 1 aliphatic carbocycles. The quantitative estimate of drug-likeness (QED) is 0.659. The number of carboxylic acids is 1. The number of carbonyl (C=O) groups is 1. The monoisotopic (exact) mass is 192 g/mol.